The minimum atomic E-state index is 0.152. The van der Waals surface area contributed by atoms with Crippen LogP contribution in [0.1, 0.15) is 19.4 Å². The summed E-state index contributed by atoms with van der Waals surface area (Å²) in [7, 11) is 5.67. The predicted molar refractivity (Wildman–Crippen MR) is 92.6 cm³/mol. The van der Waals surface area contributed by atoms with E-state index < -0.39 is 0 Å². The second kappa shape index (κ2) is 7.79. The molecular formula is C18H29N3O2. The lowest BCUT2D eigenvalue weighted by Crippen LogP contribution is -2.56. The highest BCUT2D eigenvalue weighted by atomic mass is 16.5. The molecule has 0 saturated carbocycles. The average molecular weight is 319 g/mol. The Morgan fingerprint density at radius 1 is 1.26 bits per heavy atom. The molecule has 0 spiro atoms. The maximum atomic E-state index is 12.6. The fraction of sp³-hybridized carbons (Fsp3) is 0.611. The van der Waals surface area contributed by atoms with E-state index in [1.165, 1.54) is 0 Å². The van der Waals surface area contributed by atoms with Crippen molar-refractivity contribution < 1.29 is 9.53 Å². The molecule has 0 aromatic heterocycles. The molecule has 1 heterocycles. The van der Waals surface area contributed by atoms with Crippen molar-refractivity contribution in [3.8, 4) is 5.75 Å². The van der Waals surface area contributed by atoms with Gasteiger partial charge in [0, 0.05) is 44.3 Å². The van der Waals surface area contributed by atoms with E-state index in [2.05, 4.69) is 30.7 Å². The maximum Gasteiger partial charge on any atom is 0.236 e. The molecule has 1 aromatic rings. The van der Waals surface area contributed by atoms with Crippen LogP contribution in [0.5, 0.6) is 5.75 Å². The number of para-hydroxylation sites is 1. The van der Waals surface area contributed by atoms with Gasteiger partial charge in [0.15, 0.2) is 0 Å². The summed E-state index contributed by atoms with van der Waals surface area (Å²) in [4.78, 5) is 19.0. The monoisotopic (exact) mass is 319 g/mol. The van der Waals surface area contributed by atoms with Gasteiger partial charge >= 0.3 is 0 Å². The summed E-state index contributed by atoms with van der Waals surface area (Å²) in [6.45, 7) is 7.39. The lowest BCUT2D eigenvalue weighted by atomic mass is 10.1. The van der Waals surface area contributed by atoms with Crippen LogP contribution in [0.25, 0.3) is 0 Å². The Balaban J connectivity index is 1.95. The number of benzene rings is 1. The number of hydrogen-bond acceptors (Lipinski definition) is 4. The number of ether oxygens (including phenoxy) is 1. The molecular weight excluding hydrogens is 290 g/mol. The first-order valence-corrected chi connectivity index (χ1v) is 8.22. The molecule has 5 nitrogen and oxygen atoms in total. The SMILES string of the molecule is COc1ccccc1CN(C)C(=O)CN1C[C@@H](C)N(C)C[C@H]1C. The zero-order valence-corrected chi connectivity index (χ0v) is 15.0. The Hall–Kier alpha value is -1.59. The average Bonchev–Trinajstić information content (AvgIpc) is 2.53. The van der Waals surface area contributed by atoms with Crippen LogP contribution in [0.4, 0.5) is 0 Å². The zero-order valence-electron chi connectivity index (χ0n) is 15.0. The van der Waals surface area contributed by atoms with Crippen LogP contribution in [-0.4, -0.2) is 73.5 Å². The molecule has 0 unspecified atom stereocenters. The number of rotatable bonds is 5. The van der Waals surface area contributed by atoms with E-state index in [9.17, 15) is 4.79 Å². The van der Waals surface area contributed by atoms with E-state index in [4.69, 9.17) is 4.74 Å². The summed E-state index contributed by atoms with van der Waals surface area (Å²) in [5.74, 6) is 0.980. The summed E-state index contributed by atoms with van der Waals surface area (Å²) < 4.78 is 5.36. The minimum Gasteiger partial charge on any atom is -0.496 e. The van der Waals surface area contributed by atoms with Crippen LogP contribution in [-0.2, 0) is 11.3 Å². The van der Waals surface area contributed by atoms with Gasteiger partial charge in [-0.3, -0.25) is 9.69 Å². The van der Waals surface area contributed by atoms with Crippen LogP contribution in [0.15, 0.2) is 24.3 Å². The van der Waals surface area contributed by atoms with E-state index in [-0.39, 0.29) is 5.91 Å². The van der Waals surface area contributed by atoms with E-state index in [1.54, 1.807) is 12.0 Å². The van der Waals surface area contributed by atoms with Crippen LogP contribution in [0.2, 0.25) is 0 Å². The molecule has 0 radical (unpaired) electrons. The number of carbonyl (C=O) groups excluding carboxylic acids is 1. The van der Waals surface area contributed by atoms with Crippen molar-refractivity contribution >= 4 is 5.91 Å². The van der Waals surface area contributed by atoms with Gasteiger partial charge in [-0.05, 0) is 27.0 Å². The molecule has 5 heteroatoms. The van der Waals surface area contributed by atoms with Gasteiger partial charge in [-0.1, -0.05) is 18.2 Å². The topological polar surface area (TPSA) is 36.0 Å². The van der Waals surface area contributed by atoms with Crippen molar-refractivity contribution in [2.45, 2.75) is 32.5 Å². The lowest BCUT2D eigenvalue weighted by Gasteiger charge is -2.42. The molecule has 1 aliphatic rings. The van der Waals surface area contributed by atoms with E-state index in [0.29, 0.717) is 25.2 Å². The number of nitrogens with zero attached hydrogens (tertiary/aromatic N) is 3. The van der Waals surface area contributed by atoms with Gasteiger partial charge in [-0.25, -0.2) is 0 Å². The molecule has 0 bridgehead atoms. The van der Waals surface area contributed by atoms with Crippen LogP contribution in [0.3, 0.4) is 0 Å². The van der Waals surface area contributed by atoms with Crippen molar-refractivity contribution in [1.82, 2.24) is 14.7 Å². The zero-order chi connectivity index (χ0) is 17.0. The van der Waals surface area contributed by atoms with Gasteiger partial charge in [0.25, 0.3) is 0 Å². The Kier molecular flexibility index (Phi) is 6.02. The predicted octanol–water partition coefficient (Wildman–Crippen LogP) is 1.68. The van der Waals surface area contributed by atoms with Crippen LogP contribution in [0, 0.1) is 0 Å². The number of likely N-dealkylation sites (N-methyl/N-ethyl adjacent to an activating group) is 2. The highest BCUT2D eigenvalue weighted by Crippen LogP contribution is 2.19. The molecule has 1 amide bonds. The Morgan fingerprint density at radius 2 is 1.96 bits per heavy atom. The van der Waals surface area contributed by atoms with Crippen molar-refractivity contribution in [2.24, 2.45) is 0 Å². The first-order chi connectivity index (χ1) is 10.9. The number of hydrogen-bond donors (Lipinski definition) is 0. The highest BCUT2D eigenvalue weighted by molar-refractivity contribution is 5.78. The van der Waals surface area contributed by atoms with Gasteiger partial charge in [-0.15, -0.1) is 0 Å². The second-order valence-corrected chi connectivity index (χ2v) is 6.63. The van der Waals surface area contributed by atoms with Crippen LogP contribution < -0.4 is 4.74 Å². The number of amides is 1. The third kappa shape index (κ3) is 4.45. The van der Waals surface area contributed by atoms with Gasteiger partial charge in [0.2, 0.25) is 5.91 Å². The smallest absolute Gasteiger partial charge is 0.236 e. The van der Waals surface area contributed by atoms with Gasteiger partial charge in [-0.2, -0.15) is 0 Å². The molecule has 2 atom stereocenters. The fourth-order valence-electron chi connectivity index (χ4n) is 3.06. The lowest BCUT2D eigenvalue weighted by molar-refractivity contribution is -0.133. The van der Waals surface area contributed by atoms with Gasteiger partial charge < -0.3 is 14.5 Å². The molecule has 1 aromatic carbocycles. The van der Waals surface area contributed by atoms with Gasteiger partial charge in [0.05, 0.1) is 13.7 Å². The van der Waals surface area contributed by atoms with E-state index >= 15 is 0 Å². The second-order valence-electron chi connectivity index (χ2n) is 6.63. The largest absolute Gasteiger partial charge is 0.496 e. The maximum absolute atomic E-state index is 12.6. The highest BCUT2D eigenvalue weighted by Gasteiger charge is 2.28. The van der Waals surface area contributed by atoms with E-state index in [0.717, 1.165) is 24.4 Å². The Bertz CT molecular complexity index is 535. The van der Waals surface area contributed by atoms with Crippen molar-refractivity contribution in [2.75, 3.05) is 40.8 Å². The Morgan fingerprint density at radius 3 is 2.65 bits per heavy atom. The summed E-state index contributed by atoms with van der Waals surface area (Å²) in [6, 6.07) is 8.73. The third-order valence-electron chi connectivity index (χ3n) is 4.79. The third-order valence-corrected chi connectivity index (χ3v) is 4.79. The van der Waals surface area contributed by atoms with E-state index in [1.807, 2.05) is 31.3 Å². The molecule has 0 N–H and O–H groups in total. The van der Waals surface area contributed by atoms with Gasteiger partial charge in [0.1, 0.15) is 5.75 Å². The molecule has 0 aliphatic carbocycles. The molecule has 1 fully saturated rings. The normalized spacial score (nSPS) is 22.8. The van der Waals surface area contributed by atoms with Crippen LogP contribution >= 0.6 is 0 Å². The quantitative estimate of drug-likeness (QED) is 0.827. The number of carbonyl (C=O) groups is 1. The molecule has 2 rings (SSSR count). The molecule has 1 saturated heterocycles. The van der Waals surface area contributed by atoms with Crippen molar-refractivity contribution in [3.05, 3.63) is 29.8 Å². The molecule has 1 aliphatic heterocycles. The van der Waals surface area contributed by atoms with Crippen molar-refractivity contribution in [3.63, 3.8) is 0 Å². The van der Waals surface area contributed by atoms with Crippen molar-refractivity contribution in [1.29, 1.82) is 0 Å². The minimum absolute atomic E-state index is 0.152. The molecule has 128 valence electrons. The standard InChI is InChI=1S/C18H29N3O2/c1-14-11-21(15(2)10-19(14)3)13-18(22)20(4)12-16-8-6-7-9-17(16)23-5/h6-9,14-15H,10-13H2,1-5H3/t14-,15-/m1/s1. The summed E-state index contributed by atoms with van der Waals surface area (Å²) >= 11 is 0. The number of piperazine rings is 1. The number of methoxy groups -OCH3 is 1. The molecule has 23 heavy (non-hydrogen) atoms. The summed E-state index contributed by atoms with van der Waals surface area (Å²) in [5.41, 5.74) is 1.03. The Labute approximate surface area is 139 Å². The summed E-state index contributed by atoms with van der Waals surface area (Å²) in [6.07, 6.45) is 0. The first kappa shape index (κ1) is 17.8. The first-order valence-electron chi connectivity index (χ1n) is 8.22. The summed E-state index contributed by atoms with van der Waals surface area (Å²) in [5, 5.41) is 0. The fourth-order valence-corrected chi connectivity index (χ4v) is 3.06.